The zero-order chi connectivity index (χ0) is 12.8. The van der Waals surface area contributed by atoms with E-state index in [-0.39, 0.29) is 6.29 Å². The van der Waals surface area contributed by atoms with Gasteiger partial charge in [0, 0.05) is 12.5 Å². The highest BCUT2D eigenvalue weighted by Crippen LogP contribution is 2.23. The van der Waals surface area contributed by atoms with Crippen LogP contribution in [0.25, 0.3) is 0 Å². The first-order valence-corrected chi connectivity index (χ1v) is 6.82. The lowest BCUT2D eigenvalue weighted by Crippen LogP contribution is -2.26. The molecular weight excluding hydrogens is 226 g/mol. The Balaban J connectivity index is 2.03. The summed E-state index contributed by atoms with van der Waals surface area (Å²) < 4.78 is 11.1. The molecule has 0 aromatic heterocycles. The number of ether oxygens (including phenoxy) is 2. The monoisotopic (exact) mass is 249 g/mol. The predicted molar refractivity (Wildman–Crippen MR) is 72.5 cm³/mol. The van der Waals surface area contributed by atoms with Gasteiger partial charge in [0.2, 0.25) is 0 Å². The Morgan fingerprint density at radius 1 is 1.33 bits per heavy atom. The molecule has 1 N–H and O–H groups in total. The second kappa shape index (κ2) is 6.88. The van der Waals surface area contributed by atoms with Crippen LogP contribution in [0.5, 0.6) is 0 Å². The van der Waals surface area contributed by atoms with E-state index in [9.17, 15) is 0 Å². The van der Waals surface area contributed by atoms with Crippen molar-refractivity contribution in [1.29, 1.82) is 0 Å². The van der Waals surface area contributed by atoms with Crippen molar-refractivity contribution >= 4 is 0 Å². The molecule has 100 valence electrons. The number of aryl methyl sites for hydroxylation is 1. The van der Waals surface area contributed by atoms with Crippen molar-refractivity contribution in [1.82, 2.24) is 5.32 Å². The number of rotatable bonds is 6. The van der Waals surface area contributed by atoms with E-state index in [1.165, 1.54) is 11.1 Å². The van der Waals surface area contributed by atoms with Crippen molar-refractivity contribution in [3.8, 4) is 0 Å². The lowest BCUT2D eigenvalue weighted by molar-refractivity contribution is -0.0530. The van der Waals surface area contributed by atoms with Crippen molar-refractivity contribution in [2.24, 2.45) is 0 Å². The molecule has 1 fully saturated rings. The van der Waals surface area contributed by atoms with Gasteiger partial charge in [-0.2, -0.15) is 0 Å². The van der Waals surface area contributed by atoms with Gasteiger partial charge in [0.25, 0.3) is 0 Å². The van der Waals surface area contributed by atoms with Crippen LogP contribution in [0.15, 0.2) is 24.3 Å². The van der Waals surface area contributed by atoms with Crippen molar-refractivity contribution in [2.45, 2.75) is 39.0 Å². The van der Waals surface area contributed by atoms with Gasteiger partial charge >= 0.3 is 0 Å². The SMILES string of the molecule is CCCNC(CC1OCCO1)c1cccc(C)c1. The average molecular weight is 249 g/mol. The maximum Gasteiger partial charge on any atom is 0.159 e. The van der Waals surface area contributed by atoms with Crippen molar-refractivity contribution in [3.63, 3.8) is 0 Å². The van der Waals surface area contributed by atoms with Crippen LogP contribution in [0, 0.1) is 6.92 Å². The minimum Gasteiger partial charge on any atom is -0.350 e. The minimum absolute atomic E-state index is 0.0557. The molecule has 1 aromatic carbocycles. The predicted octanol–water partition coefficient (Wildman–Crippen LogP) is 2.80. The van der Waals surface area contributed by atoms with Crippen LogP contribution in [0.3, 0.4) is 0 Å². The van der Waals surface area contributed by atoms with Gasteiger partial charge < -0.3 is 14.8 Å². The van der Waals surface area contributed by atoms with Crippen LogP contribution in [-0.2, 0) is 9.47 Å². The molecule has 1 atom stereocenters. The molecule has 0 bridgehead atoms. The Bertz CT molecular complexity index is 361. The number of benzene rings is 1. The molecule has 3 nitrogen and oxygen atoms in total. The minimum atomic E-state index is -0.0557. The molecule has 0 aliphatic carbocycles. The van der Waals surface area contributed by atoms with E-state index >= 15 is 0 Å². The Kier molecular flexibility index (Phi) is 5.17. The van der Waals surface area contributed by atoms with E-state index in [2.05, 4.69) is 43.4 Å². The van der Waals surface area contributed by atoms with Gasteiger partial charge in [-0.25, -0.2) is 0 Å². The molecule has 1 unspecified atom stereocenters. The first-order chi connectivity index (χ1) is 8.79. The van der Waals surface area contributed by atoms with Crippen molar-refractivity contribution in [3.05, 3.63) is 35.4 Å². The standard InChI is InChI=1S/C15H23NO2/c1-3-7-16-14(11-15-17-8-9-18-15)13-6-4-5-12(2)10-13/h4-6,10,14-16H,3,7-9,11H2,1-2H3. The van der Waals surface area contributed by atoms with Gasteiger partial charge in [0.1, 0.15) is 0 Å². The van der Waals surface area contributed by atoms with E-state index in [0.717, 1.165) is 32.6 Å². The van der Waals surface area contributed by atoms with E-state index in [1.54, 1.807) is 0 Å². The fourth-order valence-corrected chi connectivity index (χ4v) is 2.28. The molecule has 2 rings (SSSR count). The first kappa shape index (κ1) is 13.5. The second-order valence-electron chi connectivity index (χ2n) is 4.83. The molecule has 1 aliphatic rings. The Hall–Kier alpha value is -0.900. The summed E-state index contributed by atoms with van der Waals surface area (Å²) in [7, 11) is 0. The van der Waals surface area contributed by atoms with Crippen LogP contribution in [0.1, 0.15) is 36.9 Å². The number of hydrogen-bond acceptors (Lipinski definition) is 3. The largest absolute Gasteiger partial charge is 0.350 e. The average Bonchev–Trinajstić information content (AvgIpc) is 2.87. The number of hydrogen-bond donors (Lipinski definition) is 1. The van der Waals surface area contributed by atoms with Crippen LogP contribution in [-0.4, -0.2) is 26.0 Å². The van der Waals surface area contributed by atoms with Crippen LogP contribution in [0.4, 0.5) is 0 Å². The third kappa shape index (κ3) is 3.80. The third-order valence-electron chi connectivity index (χ3n) is 3.20. The van der Waals surface area contributed by atoms with Crippen LogP contribution >= 0.6 is 0 Å². The van der Waals surface area contributed by atoms with Crippen molar-refractivity contribution < 1.29 is 9.47 Å². The summed E-state index contributed by atoms with van der Waals surface area (Å²) in [5, 5.41) is 3.58. The summed E-state index contributed by atoms with van der Waals surface area (Å²) in [5.41, 5.74) is 2.62. The molecule has 3 heteroatoms. The van der Waals surface area contributed by atoms with Gasteiger partial charge in [-0.3, -0.25) is 0 Å². The summed E-state index contributed by atoms with van der Waals surface area (Å²) >= 11 is 0. The van der Waals surface area contributed by atoms with E-state index in [0.29, 0.717) is 6.04 Å². The fraction of sp³-hybridized carbons (Fsp3) is 0.600. The van der Waals surface area contributed by atoms with Gasteiger partial charge in [-0.15, -0.1) is 0 Å². The van der Waals surface area contributed by atoms with Gasteiger partial charge in [-0.05, 0) is 25.5 Å². The third-order valence-corrected chi connectivity index (χ3v) is 3.20. The molecule has 18 heavy (non-hydrogen) atoms. The fourth-order valence-electron chi connectivity index (χ4n) is 2.28. The van der Waals surface area contributed by atoms with E-state index in [4.69, 9.17) is 9.47 Å². The zero-order valence-electron chi connectivity index (χ0n) is 11.3. The molecule has 0 saturated carbocycles. The van der Waals surface area contributed by atoms with E-state index in [1.807, 2.05) is 0 Å². The van der Waals surface area contributed by atoms with Gasteiger partial charge in [-0.1, -0.05) is 36.8 Å². The molecule has 0 radical (unpaired) electrons. The van der Waals surface area contributed by atoms with Gasteiger partial charge in [0.15, 0.2) is 6.29 Å². The molecule has 1 saturated heterocycles. The van der Waals surface area contributed by atoms with Gasteiger partial charge in [0.05, 0.1) is 13.2 Å². The molecule has 0 amide bonds. The quantitative estimate of drug-likeness (QED) is 0.841. The molecule has 1 aromatic rings. The lowest BCUT2D eigenvalue weighted by atomic mass is 10.0. The normalized spacial score (nSPS) is 18.1. The molecule has 0 spiro atoms. The summed E-state index contributed by atoms with van der Waals surface area (Å²) in [6.45, 7) is 6.77. The Morgan fingerprint density at radius 2 is 2.11 bits per heavy atom. The summed E-state index contributed by atoms with van der Waals surface area (Å²) in [6.07, 6.45) is 1.96. The topological polar surface area (TPSA) is 30.5 Å². The summed E-state index contributed by atoms with van der Waals surface area (Å²) in [4.78, 5) is 0. The van der Waals surface area contributed by atoms with Crippen LogP contribution in [0.2, 0.25) is 0 Å². The summed E-state index contributed by atoms with van der Waals surface area (Å²) in [5.74, 6) is 0. The second-order valence-corrected chi connectivity index (χ2v) is 4.83. The highest BCUT2D eigenvalue weighted by Gasteiger charge is 2.22. The highest BCUT2D eigenvalue weighted by molar-refractivity contribution is 5.25. The molecular formula is C15H23NO2. The highest BCUT2D eigenvalue weighted by atomic mass is 16.7. The summed E-state index contributed by atoms with van der Waals surface area (Å²) in [6, 6.07) is 8.97. The molecule has 1 aliphatic heterocycles. The van der Waals surface area contributed by atoms with Crippen molar-refractivity contribution in [2.75, 3.05) is 19.8 Å². The Morgan fingerprint density at radius 3 is 2.78 bits per heavy atom. The van der Waals surface area contributed by atoms with E-state index < -0.39 is 0 Å². The Labute approximate surface area is 109 Å². The van der Waals surface area contributed by atoms with Crippen LogP contribution < -0.4 is 5.32 Å². The maximum atomic E-state index is 5.55. The number of nitrogens with one attached hydrogen (secondary N) is 1. The lowest BCUT2D eigenvalue weighted by Gasteiger charge is -2.22. The zero-order valence-corrected chi connectivity index (χ0v) is 11.3. The maximum absolute atomic E-state index is 5.55. The first-order valence-electron chi connectivity index (χ1n) is 6.82. The smallest absolute Gasteiger partial charge is 0.159 e. The molecule has 1 heterocycles.